The van der Waals surface area contributed by atoms with Gasteiger partial charge in [0.1, 0.15) is 5.65 Å². The lowest BCUT2D eigenvalue weighted by molar-refractivity contribution is -0.135. The smallest absolute Gasteiger partial charge is 0.262 e. The summed E-state index contributed by atoms with van der Waals surface area (Å²) in [4.78, 5) is 26.9. The van der Waals surface area contributed by atoms with Gasteiger partial charge in [0.2, 0.25) is 0 Å². The Balaban J connectivity index is 1.63. The van der Waals surface area contributed by atoms with Crippen LogP contribution in [0.3, 0.4) is 0 Å². The number of hydrogen-bond acceptors (Lipinski definition) is 5. The molecule has 0 aliphatic heterocycles. The van der Waals surface area contributed by atoms with Gasteiger partial charge in [-0.2, -0.15) is 5.10 Å². The molecule has 0 saturated heterocycles. The molecule has 2 heterocycles. The molecule has 8 heteroatoms. The lowest BCUT2D eigenvalue weighted by Gasteiger charge is -2.20. The van der Waals surface area contributed by atoms with Crippen molar-refractivity contribution in [2.45, 2.75) is 26.9 Å². The molecule has 8 nitrogen and oxygen atoms in total. The van der Waals surface area contributed by atoms with Gasteiger partial charge in [-0.05, 0) is 56.7 Å². The predicted octanol–water partition coefficient (Wildman–Crippen LogP) is 4.28. The highest BCUT2D eigenvalue weighted by Crippen LogP contribution is 2.30. The van der Waals surface area contributed by atoms with Gasteiger partial charge in [0.15, 0.2) is 23.4 Å². The monoisotopic (exact) mass is 474 g/mol. The number of ketones is 1. The van der Waals surface area contributed by atoms with Gasteiger partial charge < -0.3 is 18.9 Å². The fourth-order valence-corrected chi connectivity index (χ4v) is 4.18. The van der Waals surface area contributed by atoms with Gasteiger partial charge in [-0.3, -0.25) is 9.59 Å². The van der Waals surface area contributed by atoms with Crippen molar-refractivity contribution in [2.24, 2.45) is 7.05 Å². The van der Waals surface area contributed by atoms with Gasteiger partial charge in [-0.15, -0.1) is 0 Å². The summed E-state index contributed by atoms with van der Waals surface area (Å²) < 4.78 is 15.4. The van der Waals surface area contributed by atoms with E-state index >= 15 is 0 Å². The molecule has 1 atom stereocenters. The molecule has 0 bridgehead atoms. The van der Waals surface area contributed by atoms with Gasteiger partial charge in [0, 0.05) is 21.1 Å². The zero-order valence-electron chi connectivity index (χ0n) is 20.9. The van der Waals surface area contributed by atoms with E-state index in [1.54, 1.807) is 45.3 Å². The fraction of sp³-hybridized carbons (Fsp3) is 0.296. The number of benzene rings is 2. The van der Waals surface area contributed by atoms with Crippen LogP contribution >= 0.6 is 0 Å². The van der Waals surface area contributed by atoms with E-state index in [0.717, 1.165) is 22.2 Å². The van der Waals surface area contributed by atoms with Gasteiger partial charge in [-0.25, -0.2) is 4.52 Å². The summed E-state index contributed by atoms with van der Waals surface area (Å²) in [6.45, 7) is 5.86. The Labute approximate surface area is 204 Å². The van der Waals surface area contributed by atoms with E-state index in [2.05, 4.69) is 5.10 Å². The Morgan fingerprint density at radius 2 is 1.83 bits per heavy atom. The number of amides is 1. The van der Waals surface area contributed by atoms with Crippen LogP contribution in [0, 0.1) is 6.92 Å². The second-order valence-electron chi connectivity index (χ2n) is 8.57. The number of hydrogen-bond donors (Lipinski definition) is 0. The number of para-hydroxylation sites is 2. The Kier molecular flexibility index (Phi) is 6.64. The molecule has 35 heavy (non-hydrogen) atoms. The summed E-state index contributed by atoms with van der Waals surface area (Å²) in [6.07, 6.45) is 2.64. The van der Waals surface area contributed by atoms with E-state index in [1.165, 1.54) is 4.90 Å². The number of carbonyl (C=O) groups is 2. The molecule has 2 aromatic carbocycles. The second-order valence-corrected chi connectivity index (χ2v) is 8.57. The van der Waals surface area contributed by atoms with E-state index in [9.17, 15) is 9.59 Å². The number of allylic oxidation sites excluding steroid dienone is 1. The van der Waals surface area contributed by atoms with Crippen LogP contribution in [0.25, 0.3) is 22.8 Å². The summed E-state index contributed by atoms with van der Waals surface area (Å²) in [5.41, 5.74) is 4.74. The predicted molar refractivity (Wildman–Crippen MR) is 136 cm³/mol. The molecule has 0 radical (unpaired) electrons. The van der Waals surface area contributed by atoms with Crippen molar-refractivity contribution in [2.75, 3.05) is 20.7 Å². The van der Waals surface area contributed by atoms with Gasteiger partial charge in [0.05, 0.1) is 28.9 Å². The molecule has 4 aromatic rings. The van der Waals surface area contributed by atoms with E-state index in [4.69, 9.17) is 9.47 Å². The number of fused-ring (bicyclic) bond motifs is 3. The molecule has 0 aliphatic rings. The summed E-state index contributed by atoms with van der Waals surface area (Å²) in [5, 5.41) is 4.62. The first-order valence-corrected chi connectivity index (χ1v) is 11.5. The first-order valence-electron chi connectivity index (χ1n) is 11.5. The Hall–Kier alpha value is -4.07. The Bertz CT molecular complexity index is 1440. The molecule has 0 fully saturated rings. The van der Waals surface area contributed by atoms with Crippen molar-refractivity contribution in [3.05, 3.63) is 65.4 Å². The molecule has 1 amide bonds. The average Bonchev–Trinajstić information content (AvgIpc) is 3.32. The molecule has 2 aromatic heterocycles. The van der Waals surface area contributed by atoms with Crippen molar-refractivity contribution in [3.63, 3.8) is 0 Å². The summed E-state index contributed by atoms with van der Waals surface area (Å²) in [7, 11) is 5.31. The average molecular weight is 475 g/mol. The third-order valence-electron chi connectivity index (χ3n) is 5.86. The van der Waals surface area contributed by atoms with E-state index in [0.29, 0.717) is 29.4 Å². The van der Waals surface area contributed by atoms with Crippen LogP contribution in [-0.2, 0) is 11.8 Å². The third-order valence-corrected chi connectivity index (χ3v) is 5.86. The van der Waals surface area contributed by atoms with Crippen LogP contribution in [0.5, 0.6) is 11.5 Å². The summed E-state index contributed by atoms with van der Waals surface area (Å²) in [5.74, 6) is 0.714. The number of aryl methyl sites for hydroxylation is 2. The quantitative estimate of drug-likeness (QED) is 0.281. The number of imidazole rings is 1. The normalized spacial score (nSPS) is 12.4. The van der Waals surface area contributed by atoms with E-state index in [1.807, 2.05) is 60.3 Å². The van der Waals surface area contributed by atoms with E-state index < -0.39 is 6.10 Å². The largest absolute Gasteiger partial charge is 0.490 e. The highest BCUT2D eigenvalue weighted by Gasteiger charge is 2.21. The summed E-state index contributed by atoms with van der Waals surface area (Å²) >= 11 is 0. The minimum Gasteiger partial charge on any atom is -0.490 e. The second kappa shape index (κ2) is 9.66. The maximum Gasteiger partial charge on any atom is 0.262 e. The van der Waals surface area contributed by atoms with Gasteiger partial charge in [-0.1, -0.05) is 24.3 Å². The highest BCUT2D eigenvalue weighted by atomic mass is 16.5. The number of ether oxygens (including phenoxy) is 2. The molecule has 4 rings (SSSR count). The molecule has 182 valence electrons. The number of rotatable bonds is 8. The highest BCUT2D eigenvalue weighted by molar-refractivity contribution is 6.12. The van der Waals surface area contributed by atoms with Crippen LogP contribution < -0.4 is 9.47 Å². The standard InChI is InChI=1S/C27H30N4O4/c1-7-34-24-16-19(13-15-23(24)35-18(3)27(33)29(4)5)12-14-22(32)25-17(2)28-31-21-11-9-8-10-20(21)30(6)26(25)31/h8-16,18H,7H2,1-6H3/b14-12+. The Morgan fingerprint density at radius 3 is 2.51 bits per heavy atom. The summed E-state index contributed by atoms with van der Waals surface area (Å²) in [6, 6.07) is 13.3. The van der Waals surface area contributed by atoms with Gasteiger partial charge in [0.25, 0.3) is 5.91 Å². The zero-order chi connectivity index (χ0) is 25.3. The van der Waals surface area contributed by atoms with Crippen molar-refractivity contribution in [1.29, 1.82) is 0 Å². The zero-order valence-corrected chi connectivity index (χ0v) is 20.9. The molecule has 0 N–H and O–H groups in total. The molecule has 0 spiro atoms. The van der Waals surface area contributed by atoms with Crippen LogP contribution in [0.15, 0.2) is 48.5 Å². The van der Waals surface area contributed by atoms with Crippen molar-refractivity contribution < 1.29 is 19.1 Å². The number of carbonyl (C=O) groups excluding carboxylic acids is 2. The molecule has 0 saturated carbocycles. The van der Waals surface area contributed by atoms with Crippen molar-refractivity contribution in [1.82, 2.24) is 19.1 Å². The number of aromatic nitrogens is 3. The molecule has 1 unspecified atom stereocenters. The molecular formula is C27H30N4O4. The van der Waals surface area contributed by atoms with Crippen LogP contribution in [0.4, 0.5) is 0 Å². The maximum absolute atomic E-state index is 13.3. The Morgan fingerprint density at radius 1 is 1.11 bits per heavy atom. The number of likely N-dealkylation sites (N-methyl/N-ethyl adjacent to an activating group) is 1. The van der Waals surface area contributed by atoms with Gasteiger partial charge >= 0.3 is 0 Å². The van der Waals surface area contributed by atoms with Crippen molar-refractivity contribution >= 4 is 34.4 Å². The molecular weight excluding hydrogens is 444 g/mol. The lowest BCUT2D eigenvalue weighted by atomic mass is 10.1. The SMILES string of the molecule is CCOc1cc(/C=C/C(=O)c2c(C)nn3c4ccccc4n(C)c23)ccc1OC(C)C(=O)N(C)C. The van der Waals surface area contributed by atoms with Crippen LogP contribution in [0.2, 0.25) is 0 Å². The maximum atomic E-state index is 13.3. The minimum absolute atomic E-state index is 0.133. The first-order chi connectivity index (χ1) is 16.7. The fourth-order valence-electron chi connectivity index (χ4n) is 4.18. The van der Waals surface area contributed by atoms with Crippen molar-refractivity contribution in [3.8, 4) is 11.5 Å². The lowest BCUT2D eigenvalue weighted by Crippen LogP contribution is -2.35. The topological polar surface area (TPSA) is 78.1 Å². The first kappa shape index (κ1) is 24.1. The van der Waals surface area contributed by atoms with Crippen LogP contribution in [-0.4, -0.2) is 57.6 Å². The third kappa shape index (κ3) is 4.51. The minimum atomic E-state index is -0.652. The number of nitrogens with zero attached hydrogens (tertiary/aromatic N) is 4. The van der Waals surface area contributed by atoms with E-state index in [-0.39, 0.29) is 11.7 Å². The van der Waals surface area contributed by atoms with Crippen LogP contribution in [0.1, 0.15) is 35.5 Å². The molecule has 0 aliphatic carbocycles.